The van der Waals surface area contributed by atoms with Crippen molar-refractivity contribution in [2.75, 3.05) is 6.54 Å². The molecule has 6 heterocycles. The molecule has 1 aliphatic carbocycles. The molecule has 0 bridgehead atoms. The molecule has 200 valence electrons. The van der Waals surface area contributed by atoms with Gasteiger partial charge < -0.3 is 10.3 Å². The third kappa shape index (κ3) is 4.71. The quantitative estimate of drug-likeness (QED) is 0.181. The van der Waals surface area contributed by atoms with Crippen molar-refractivity contribution < 1.29 is 4.79 Å². The number of H-pyrrole nitrogens is 2. The summed E-state index contributed by atoms with van der Waals surface area (Å²) >= 11 is 1.48. The van der Waals surface area contributed by atoms with Crippen molar-refractivity contribution in [3.05, 3.63) is 71.6 Å². The first-order chi connectivity index (χ1) is 19.6. The van der Waals surface area contributed by atoms with E-state index in [1.165, 1.54) is 37.0 Å². The lowest BCUT2D eigenvalue weighted by Gasteiger charge is -2.11. The number of hydrogen-bond donors (Lipinski definition) is 3. The number of aromatic amines is 2. The highest BCUT2D eigenvalue weighted by atomic mass is 32.1. The van der Waals surface area contributed by atoms with Gasteiger partial charge >= 0.3 is 0 Å². The van der Waals surface area contributed by atoms with Crippen LogP contribution in [0.3, 0.4) is 0 Å². The summed E-state index contributed by atoms with van der Waals surface area (Å²) in [5.74, 6) is 0.872. The maximum atomic E-state index is 11.8. The van der Waals surface area contributed by atoms with Crippen molar-refractivity contribution >= 4 is 39.1 Å². The van der Waals surface area contributed by atoms with E-state index in [0.29, 0.717) is 0 Å². The minimum atomic E-state index is 0.0667. The number of pyridine rings is 3. The van der Waals surface area contributed by atoms with E-state index in [2.05, 4.69) is 42.6 Å². The lowest BCUT2D eigenvalue weighted by atomic mass is 10.1. The smallest absolute Gasteiger partial charge is 0.169 e. The van der Waals surface area contributed by atoms with Crippen LogP contribution in [0.15, 0.2) is 61.2 Å². The average Bonchev–Trinajstić information content (AvgIpc) is 3.78. The third-order valence-electron chi connectivity index (χ3n) is 7.75. The van der Waals surface area contributed by atoms with Gasteiger partial charge in [0.25, 0.3) is 0 Å². The highest BCUT2D eigenvalue weighted by Crippen LogP contribution is 2.36. The molecule has 3 N–H and O–H groups in total. The number of hydrogen-bond acceptors (Lipinski definition) is 7. The predicted octanol–water partition coefficient (Wildman–Crippen LogP) is 6.77. The van der Waals surface area contributed by atoms with Crippen LogP contribution in [0, 0.1) is 5.92 Å². The van der Waals surface area contributed by atoms with E-state index in [-0.39, 0.29) is 5.78 Å². The van der Waals surface area contributed by atoms with Gasteiger partial charge in [-0.25, -0.2) is 4.98 Å². The van der Waals surface area contributed by atoms with Gasteiger partial charge in [0.1, 0.15) is 11.2 Å². The Morgan fingerprint density at radius 2 is 1.90 bits per heavy atom. The summed E-state index contributed by atoms with van der Waals surface area (Å²) in [4.78, 5) is 31.0. The monoisotopic (exact) mass is 547 g/mol. The number of thiophene rings is 1. The second-order valence-electron chi connectivity index (χ2n) is 10.6. The standard InChI is InChI=1S/C31H29N7OS/c1-18(39)28-8-9-29(40-28)23-16-34-17-27-22(23)11-26(35-27)31-30-25(37-38-31)7-6-24(36-30)21-10-20(14-33-15-21)13-32-12-19-4-2-3-5-19/h6-11,14-17,19,32,35H,2-5,12-13H2,1H3,(H,37,38). The number of ketones is 1. The van der Waals surface area contributed by atoms with Crippen LogP contribution in [0.2, 0.25) is 0 Å². The van der Waals surface area contributed by atoms with Crippen molar-refractivity contribution in [1.82, 2.24) is 35.5 Å². The molecular formula is C31H29N7OS. The zero-order valence-corrected chi connectivity index (χ0v) is 23.0. The van der Waals surface area contributed by atoms with Gasteiger partial charge in [0, 0.05) is 46.5 Å². The minimum Gasteiger partial charge on any atom is -0.352 e. The molecule has 1 fully saturated rings. The Balaban J connectivity index is 1.20. The van der Waals surface area contributed by atoms with Crippen LogP contribution in [0.4, 0.5) is 0 Å². The number of fused-ring (bicyclic) bond motifs is 2. The van der Waals surface area contributed by atoms with E-state index in [9.17, 15) is 4.79 Å². The zero-order valence-electron chi connectivity index (χ0n) is 22.2. The van der Waals surface area contributed by atoms with Crippen LogP contribution in [-0.4, -0.2) is 42.5 Å². The molecule has 6 aromatic rings. The lowest BCUT2D eigenvalue weighted by Crippen LogP contribution is -2.20. The van der Waals surface area contributed by atoms with Crippen LogP contribution in [0.25, 0.3) is 55.0 Å². The molecule has 8 nitrogen and oxygen atoms in total. The summed E-state index contributed by atoms with van der Waals surface area (Å²) in [6.45, 7) is 3.46. The summed E-state index contributed by atoms with van der Waals surface area (Å²) in [5, 5.41) is 12.4. The second kappa shape index (κ2) is 10.4. The first kappa shape index (κ1) is 24.8. The second-order valence-corrected chi connectivity index (χ2v) is 11.7. The normalized spacial score (nSPS) is 14.0. The van der Waals surface area contributed by atoms with E-state index in [1.54, 1.807) is 6.92 Å². The molecule has 1 saturated carbocycles. The van der Waals surface area contributed by atoms with Gasteiger partial charge in [-0.2, -0.15) is 5.10 Å². The average molecular weight is 548 g/mol. The summed E-state index contributed by atoms with van der Waals surface area (Å²) in [7, 11) is 0. The van der Waals surface area contributed by atoms with Crippen molar-refractivity contribution in [1.29, 1.82) is 0 Å². The van der Waals surface area contributed by atoms with Crippen molar-refractivity contribution in [3.63, 3.8) is 0 Å². The summed E-state index contributed by atoms with van der Waals surface area (Å²) in [6.07, 6.45) is 12.9. The Bertz CT molecular complexity index is 1840. The molecule has 0 radical (unpaired) electrons. The van der Waals surface area contributed by atoms with E-state index in [4.69, 9.17) is 4.98 Å². The van der Waals surface area contributed by atoms with Gasteiger partial charge in [-0.3, -0.25) is 19.9 Å². The molecule has 0 spiro atoms. The fourth-order valence-corrected chi connectivity index (χ4v) is 6.58. The highest BCUT2D eigenvalue weighted by Gasteiger charge is 2.17. The van der Waals surface area contributed by atoms with E-state index < -0.39 is 0 Å². The number of nitrogens with zero attached hydrogens (tertiary/aromatic N) is 4. The van der Waals surface area contributed by atoms with Crippen LogP contribution < -0.4 is 5.32 Å². The van der Waals surface area contributed by atoms with E-state index in [1.807, 2.05) is 49.1 Å². The van der Waals surface area contributed by atoms with Crippen molar-refractivity contribution in [2.45, 2.75) is 39.2 Å². The minimum absolute atomic E-state index is 0.0667. The molecule has 9 heteroatoms. The first-order valence-corrected chi connectivity index (χ1v) is 14.5. The SMILES string of the molecule is CC(=O)c1ccc(-c2cncc3[nH]c(-c4n[nH]c5ccc(-c6cncc(CNCC7CCCC7)c6)nc45)cc23)s1. The topological polar surface area (TPSA) is 112 Å². The maximum absolute atomic E-state index is 11.8. The molecule has 0 unspecified atom stereocenters. The Morgan fingerprint density at radius 1 is 1.02 bits per heavy atom. The van der Waals surface area contributed by atoms with Gasteiger partial charge in [0.15, 0.2) is 5.78 Å². The molecule has 0 amide bonds. The van der Waals surface area contributed by atoms with Crippen LogP contribution >= 0.6 is 11.3 Å². The molecule has 1 aliphatic rings. The number of aromatic nitrogens is 6. The first-order valence-electron chi connectivity index (χ1n) is 13.7. The molecule has 0 atom stereocenters. The van der Waals surface area contributed by atoms with Gasteiger partial charge in [0.2, 0.25) is 0 Å². The Morgan fingerprint density at radius 3 is 2.75 bits per heavy atom. The number of carbonyl (C=O) groups excluding carboxylic acids is 1. The molecule has 0 aliphatic heterocycles. The lowest BCUT2D eigenvalue weighted by molar-refractivity contribution is 0.102. The Hall–Kier alpha value is -4.21. The van der Waals surface area contributed by atoms with Gasteiger partial charge in [-0.15, -0.1) is 11.3 Å². The molecule has 0 aromatic carbocycles. The maximum Gasteiger partial charge on any atom is 0.169 e. The van der Waals surface area contributed by atoms with Crippen molar-refractivity contribution in [3.8, 4) is 33.1 Å². The van der Waals surface area contributed by atoms with Gasteiger partial charge in [-0.1, -0.05) is 12.8 Å². The molecule has 40 heavy (non-hydrogen) atoms. The number of rotatable bonds is 8. The third-order valence-corrected chi connectivity index (χ3v) is 8.97. The largest absolute Gasteiger partial charge is 0.352 e. The van der Waals surface area contributed by atoms with Crippen LogP contribution in [-0.2, 0) is 6.54 Å². The van der Waals surface area contributed by atoms with Crippen LogP contribution in [0.1, 0.15) is 47.8 Å². The summed E-state index contributed by atoms with van der Waals surface area (Å²) in [5.41, 5.74) is 8.13. The fourth-order valence-electron chi connectivity index (χ4n) is 5.65. The molecule has 0 saturated heterocycles. The molecule has 7 rings (SSSR count). The predicted molar refractivity (Wildman–Crippen MR) is 159 cm³/mol. The molecule has 6 aromatic heterocycles. The number of carbonyl (C=O) groups is 1. The Labute approximate surface area is 235 Å². The van der Waals surface area contributed by atoms with Gasteiger partial charge in [0.05, 0.1) is 33.5 Å². The Kier molecular flexibility index (Phi) is 6.45. The summed E-state index contributed by atoms with van der Waals surface area (Å²) in [6, 6.07) is 12.1. The van der Waals surface area contributed by atoms with E-state index >= 15 is 0 Å². The summed E-state index contributed by atoms with van der Waals surface area (Å²) < 4.78 is 0. The van der Waals surface area contributed by atoms with Crippen molar-refractivity contribution in [2.24, 2.45) is 5.92 Å². The van der Waals surface area contributed by atoms with E-state index in [0.717, 1.165) is 84.5 Å². The van der Waals surface area contributed by atoms with Gasteiger partial charge in [-0.05, 0) is 74.2 Å². The van der Waals surface area contributed by atoms with Crippen LogP contribution in [0.5, 0.6) is 0 Å². The molecular weight excluding hydrogens is 518 g/mol. The number of Topliss-reactive ketones (excluding diaryl/α,β-unsaturated/α-hetero) is 1. The zero-order chi connectivity index (χ0) is 27.1. The number of nitrogens with one attached hydrogen (secondary N) is 3. The highest BCUT2D eigenvalue weighted by molar-refractivity contribution is 7.17. The fraction of sp³-hybridized carbons (Fsp3) is 0.258.